The quantitative estimate of drug-likeness (QED) is 0.0630. The molecule has 0 unspecified atom stereocenters. The second-order valence-electron chi connectivity index (χ2n) is 20.6. The minimum atomic E-state index is -4.03. The van der Waals surface area contributed by atoms with Crippen LogP contribution in [0.3, 0.4) is 0 Å². The van der Waals surface area contributed by atoms with Crippen LogP contribution in [0.4, 0.5) is 0 Å². The zero-order valence-electron chi connectivity index (χ0n) is 45.0. The van der Waals surface area contributed by atoms with Gasteiger partial charge in [-0.2, -0.15) is 17.2 Å². The molecular formula is C54H82N4O8S4. The molecule has 0 atom stereocenters. The standard InChI is InChI=1S/C54H82N4O8S4/c1-17-55(67(59,60)50-42(6)30-38(2)31-43(50)7)24-18-19-25-56(68(61,62)51-44(8)32-39(3)33-45(51)9)26-20-21-27-57(69(63,64)52-46(10)34-40(4)35-47(52)11)28-22-23-29-58(54(14,15)16)70(65,66)53-48(12)36-41(5)37-49(53)13/h30-37H,17-29H2,1-16H3. The lowest BCUT2D eigenvalue weighted by molar-refractivity contribution is 0.242. The average Bonchev–Trinajstić information content (AvgIpc) is 3.17. The Hall–Kier alpha value is -3.48. The summed E-state index contributed by atoms with van der Waals surface area (Å²) in [6.45, 7) is 30.8. The summed E-state index contributed by atoms with van der Waals surface area (Å²) >= 11 is 0. The minimum absolute atomic E-state index is 0.121. The number of hydrogen-bond acceptors (Lipinski definition) is 8. The summed E-state index contributed by atoms with van der Waals surface area (Å²) in [7, 11) is -15.8. The Morgan fingerprint density at radius 3 is 0.757 bits per heavy atom. The second-order valence-corrected chi connectivity index (χ2v) is 28.0. The van der Waals surface area contributed by atoms with Crippen molar-refractivity contribution in [2.24, 2.45) is 0 Å². The lowest BCUT2D eigenvalue weighted by Crippen LogP contribution is -2.46. The van der Waals surface area contributed by atoms with Crippen LogP contribution in [0, 0.1) is 83.1 Å². The largest absolute Gasteiger partial charge is 0.244 e. The van der Waals surface area contributed by atoms with E-state index in [0.29, 0.717) is 92.8 Å². The number of aryl methyl sites for hydroxylation is 12. The molecule has 390 valence electrons. The first kappa shape index (κ1) is 59.1. The molecule has 4 rings (SSSR count). The van der Waals surface area contributed by atoms with Crippen LogP contribution < -0.4 is 0 Å². The highest BCUT2D eigenvalue weighted by Crippen LogP contribution is 2.32. The van der Waals surface area contributed by atoms with E-state index in [2.05, 4.69) is 0 Å². The van der Waals surface area contributed by atoms with Crippen molar-refractivity contribution in [2.45, 2.75) is 174 Å². The lowest BCUT2D eigenvalue weighted by Gasteiger charge is -2.35. The van der Waals surface area contributed by atoms with Gasteiger partial charge in [-0.15, -0.1) is 0 Å². The van der Waals surface area contributed by atoms with Crippen molar-refractivity contribution in [3.05, 3.63) is 115 Å². The first-order chi connectivity index (χ1) is 32.3. The van der Waals surface area contributed by atoms with E-state index in [0.717, 1.165) is 22.3 Å². The Labute approximate surface area is 424 Å². The zero-order chi connectivity index (χ0) is 52.9. The van der Waals surface area contributed by atoms with Gasteiger partial charge in [-0.1, -0.05) is 77.7 Å². The van der Waals surface area contributed by atoms with Gasteiger partial charge in [-0.3, -0.25) is 0 Å². The highest BCUT2D eigenvalue weighted by molar-refractivity contribution is 7.90. The van der Waals surface area contributed by atoms with Gasteiger partial charge in [0.15, 0.2) is 0 Å². The summed E-state index contributed by atoms with van der Waals surface area (Å²) in [5, 5.41) is 0. The van der Waals surface area contributed by atoms with Crippen molar-refractivity contribution in [2.75, 3.05) is 45.8 Å². The molecule has 0 N–H and O–H groups in total. The van der Waals surface area contributed by atoms with E-state index in [9.17, 15) is 33.7 Å². The Morgan fingerprint density at radius 1 is 0.329 bits per heavy atom. The van der Waals surface area contributed by atoms with E-state index < -0.39 is 45.6 Å². The van der Waals surface area contributed by atoms with E-state index in [1.54, 1.807) is 34.6 Å². The molecule has 0 aliphatic rings. The predicted octanol–water partition coefficient (Wildman–Crippen LogP) is 10.6. The third-order valence-corrected chi connectivity index (χ3v) is 22.2. The number of sulfonamides is 4. The first-order valence-electron chi connectivity index (χ1n) is 24.6. The summed E-state index contributed by atoms with van der Waals surface area (Å²) < 4.78 is 121. The fourth-order valence-electron chi connectivity index (χ4n) is 10.5. The van der Waals surface area contributed by atoms with E-state index in [4.69, 9.17) is 0 Å². The van der Waals surface area contributed by atoms with Gasteiger partial charge >= 0.3 is 0 Å². The summed E-state index contributed by atoms with van der Waals surface area (Å²) in [5.74, 6) is 0. The maximum atomic E-state index is 14.7. The van der Waals surface area contributed by atoms with Gasteiger partial charge in [-0.25, -0.2) is 33.7 Å². The predicted molar refractivity (Wildman–Crippen MR) is 286 cm³/mol. The van der Waals surface area contributed by atoms with Gasteiger partial charge in [0.25, 0.3) is 0 Å². The van der Waals surface area contributed by atoms with Crippen LogP contribution >= 0.6 is 0 Å². The first-order valence-corrected chi connectivity index (χ1v) is 30.4. The Kier molecular flexibility index (Phi) is 19.9. The molecule has 0 radical (unpaired) electrons. The van der Waals surface area contributed by atoms with Gasteiger partial charge in [-0.05, 0) is 187 Å². The minimum Gasteiger partial charge on any atom is -0.207 e. The number of benzene rings is 4. The molecule has 0 saturated heterocycles. The maximum absolute atomic E-state index is 14.7. The number of unbranched alkanes of at least 4 members (excludes halogenated alkanes) is 3. The normalized spacial score (nSPS) is 13.1. The SMILES string of the molecule is CCN(CCCCN(CCCCN(CCCCN(C(C)(C)C)S(=O)(=O)c1c(C)cc(C)cc1C)S(=O)(=O)c1c(C)cc(C)cc1C)S(=O)(=O)c1c(C)cc(C)cc1C)S(=O)(=O)c1c(C)cc(C)cc1C. The monoisotopic (exact) mass is 1040 g/mol. The second kappa shape index (κ2) is 23.6. The van der Waals surface area contributed by atoms with Crippen molar-refractivity contribution in [3.63, 3.8) is 0 Å². The summed E-state index contributed by atoms with van der Waals surface area (Å²) in [5.41, 5.74) is 8.40. The highest BCUT2D eigenvalue weighted by atomic mass is 32.2. The van der Waals surface area contributed by atoms with Crippen molar-refractivity contribution < 1.29 is 33.7 Å². The smallest absolute Gasteiger partial charge is 0.207 e. The zero-order valence-corrected chi connectivity index (χ0v) is 48.3. The number of hydrogen-bond donors (Lipinski definition) is 0. The molecule has 0 aliphatic heterocycles. The highest BCUT2D eigenvalue weighted by Gasteiger charge is 2.36. The molecular weight excluding hydrogens is 961 g/mol. The Morgan fingerprint density at radius 2 is 0.529 bits per heavy atom. The molecule has 0 aromatic heterocycles. The lowest BCUT2D eigenvalue weighted by atomic mass is 10.1. The molecule has 16 heteroatoms. The molecule has 0 fully saturated rings. The van der Waals surface area contributed by atoms with E-state index in [1.165, 1.54) is 17.2 Å². The maximum Gasteiger partial charge on any atom is 0.244 e. The van der Waals surface area contributed by atoms with Gasteiger partial charge in [0.2, 0.25) is 40.1 Å². The van der Waals surface area contributed by atoms with E-state index >= 15 is 0 Å². The van der Waals surface area contributed by atoms with E-state index in [1.807, 2.05) is 125 Å². The van der Waals surface area contributed by atoms with E-state index in [-0.39, 0.29) is 55.6 Å². The fourth-order valence-corrected chi connectivity index (χ4v) is 18.5. The third-order valence-electron chi connectivity index (χ3n) is 13.0. The van der Waals surface area contributed by atoms with Crippen LogP contribution in [-0.4, -0.2) is 102 Å². The van der Waals surface area contributed by atoms with Crippen molar-refractivity contribution >= 4 is 40.1 Å². The average molecular weight is 1040 g/mol. The molecule has 4 aromatic rings. The fraction of sp³-hybridized carbons (Fsp3) is 0.556. The Balaban J connectivity index is 1.59. The van der Waals surface area contributed by atoms with Gasteiger partial charge in [0.1, 0.15) is 0 Å². The molecule has 0 heterocycles. The molecule has 12 nitrogen and oxygen atoms in total. The summed E-state index contributed by atoms with van der Waals surface area (Å²) in [6.07, 6.45) is 2.32. The van der Waals surface area contributed by atoms with Crippen LogP contribution in [0.15, 0.2) is 68.1 Å². The molecule has 0 aliphatic carbocycles. The molecule has 0 saturated carbocycles. The molecule has 0 spiro atoms. The van der Waals surface area contributed by atoms with Crippen LogP contribution in [-0.2, 0) is 40.1 Å². The topological polar surface area (TPSA) is 150 Å². The van der Waals surface area contributed by atoms with Crippen molar-refractivity contribution in [1.29, 1.82) is 0 Å². The number of rotatable bonds is 24. The van der Waals surface area contributed by atoms with Crippen molar-refractivity contribution in [1.82, 2.24) is 17.2 Å². The van der Waals surface area contributed by atoms with Crippen LogP contribution in [0.1, 0.15) is 133 Å². The van der Waals surface area contributed by atoms with Gasteiger partial charge in [0.05, 0.1) is 19.6 Å². The third kappa shape index (κ3) is 13.8. The van der Waals surface area contributed by atoms with Crippen molar-refractivity contribution in [3.8, 4) is 0 Å². The van der Waals surface area contributed by atoms with Crippen LogP contribution in [0.25, 0.3) is 0 Å². The van der Waals surface area contributed by atoms with Crippen LogP contribution in [0.5, 0.6) is 0 Å². The van der Waals surface area contributed by atoms with Gasteiger partial charge < -0.3 is 0 Å². The molecule has 0 bridgehead atoms. The molecule has 4 aromatic carbocycles. The summed E-state index contributed by atoms with van der Waals surface area (Å²) in [6, 6.07) is 14.9. The molecule has 0 amide bonds. The number of nitrogens with zero attached hydrogens (tertiary/aromatic N) is 4. The Bertz CT molecular complexity index is 2890. The molecule has 70 heavy (non-hydrogen) atoms. The summed E-state index contributed by atoms with van der Waals surface area (Å²) in [4.78, 5) is 1.09. The van der Waals surface area contributed by atoms with Gasteiger partial charge in [0, 0.05) is 51.4 Å². The van der Waals surface area contributed by atoms with Crippen LogP contribution in [0.2, 0.25) is 0 Å².